The molecule has 1 aromatic heterocycles. The molecular formula is C20H24N2O4S. The number of hydrogen-bond acceptors (Lipinski definition) is 5. The second-order valence-electron chi connectivity index (χ2n) is 6.13. The first-order valence-electron chi connectivity index (χ1n) is 8.75. The van der Waals surface area contributed by atoms with Crippen LogP contribution in [0.25, 0.3) is 0 Å². The van der Waals surface area contributed by atoms with Crippen molar-refractivity contribution in [2.45, 2.75) is 34.1 Å². The molecule has 0 bridgehead atoms. The SMILES string of the molecule is CCOC(=O)c1c(NC(=O)CCNC(=O)c2cccc(C)c2)sc(C)c1C. The van der Waals surface area contributed by atoms with Crippen molar-refractivity contribution in [3.05, 3.63) is 51.4 Å². The third kappa shape index (κ3) is 5.40. The van der Waals surface area contributed by atoms with Gasteiger partial charge in [-0.15, -0.1) is 11.3 Å². The topological polar surface area (TPSA) is 84.5 Å². The van der Waals surface area contributed by atoms with Gasteiger partial charge in [0, 0.05) is 23.4 Å². The fourth-order valence-corrected chi connectivity index (χ4v) is 3.60. The van der Waals surface area contributed by atoms with Crippen LogP contribution >= 0.6 is 11.3 Å². The van der Waals surface area contributed by atoms with Crippen molar-refractivity contribution in [3.8, 4) is 0 Å². The Morgan fingerprint density at radius 3 is 2.56 bits per heavy atom. The Morgan fingerprint density at radius 1 is 1.15 bits per heavy atom. The molecular weight excluding hydrogens is 364 g/mol. The van der Waals surface area contributed by atoms with Crippen LogP contribution < -0.4 is 10.6 Å². The first-order valence-corrected chi connectivity index (χ1v) is 9.57. The number of ether oxygens (including phenoxy) is 1. The summed E-state index contributed by atoms with van der Waals surface area (Å²) in [6.07, 6.45) is 0.107. The Morgan fingerprint density at radius 2 is 1.89 bits per heavy atom. The van der Waals surface area contributed by atoms with Gasteiger partial charge in [-0.25, -0.2) is 4.79 Å². The summed E-state index contributed by atoms with van der Waals surface area (Å²) in [5, 5.41) is 5.98. The van der Waals surface area contributed by atoms with Crippen LogP contribution in [-0.4, -0.2) is 30.9 Å². The number of rotatable bonds is 7. The molecule has 0 aliphatic carbocycles. The lowest BCUT2D eigenvalue weighted by Crippen LogP contribution is -2.27. The van der Waals surface area contributed by atoms with E-state index in [1.54, 1.807) is 19.1 Å². The maximum absolute atomic E-state index is 12.2. The molecule has 0 atom stereocenters. The predicted molar refractivity (Wildman–Crippen MR) is 107 cm³/mol. The van der Waals surface area contributed by atoms with Crippen molar-refractivity contribution >= 4 is 34.1 Å². The number of anilines is 1. The molecule has 144 valence electrons. The van der Waals surface area contributed by atoms with E-state index < -0.39 is 5.97 Å². The molecule has 2 aromatic rings. The summed E-state index contributed by atoms with van der Waals surface area (Å²) in [5.74, 6) is -0.935. The van der Waals surface area contributed by atoms with E-state index in [-0.39, 0.29) is 31.4 Å². The Labute approximate surface area is 162 Å². The number of carbonyl (C=O) groups is 3. The molecule has 27 heavy (non-hydrogen) atoms. The third-order valence-corrected chi connectivity index (χ3v) is 5.16. The monoisotopic (exact) mass is 388 g/mol. The average molecular weight is 388 g/mol. The second kappa shape index (κ2) is 9.32. The number of hydrogen-bond donors (Lipinski definition) is 2. The molecule has 0 saturated carbocycles. The largest absolute Gasteiger partial charge is 0.462 e. The molecule has 6 nitrogen and oxygen atoms in total. The lowest BCUT2D eigenvalue weighted by molar-refractivity contribution is -0.116. The summed E-state index contributed by atoms with van der Waals surface area (Å²) in [6, 6.07) is 7.25. The minimum Gasteiger partial charge on any atom is -0.462 e. The van der Waals surface area contributed by atoms with Crippen LogP contribution in [0.5, 0.6) is 0 Å². The van der Waals surface area contributed by atoms with Gasteiger partial charge < -0.3 is 15.4 Å². The number of carbonyl (C=O) groups excluding carboxylic acids is 3. The van der Waals surface area contributed by atoms with Crippen molar-refractivity contribution in [2.24, 2.45) is 0 Å². The number of esters is 1. The molecule has 7 heteroatoms. The van der Waals surface area contributed by atoms with Gasteiger partial charge in [0.1, 0.15) is 5.00 Å². The molecule has 0 spiro atoms. The van der Waals surface area contributed by atoms with Gasteiger partial charge in [-0.3, -0.25) is 9.59 Å². The number of benzene rings is 1. The molecule has 0 radical (unpaired) electrons. The van der Waals surface area contributed by atoms with Crippen LogP contribution in [0.15, 0.2) is 24.3 Å². The normalized spacial score (nSPS) is 10.4. The highest BCUT2D eigenvalue weighted by atomic mass is 32.1. The zero-order chi connectivity index (χ0) is 20.0. The fourth-order valence-electron chi connectivity index (χ4n) is 2.53. The van der Waals surface area contributed by atoms with E-state index in [4.69, 9.17) is 4.74 Å². The Bertz CT molecular complexity index is 858. The highest BCUT2D eigenvalue weighted by Gasteiger charge is 2.22. The van der Waals surface area contributed by atoms with Gasteiger partial charge in [0.05, 0.1) is 12.2 Å². The minimum atomic E-state index is -0.442. The van der Waals surface area contributed by atoms with Gasteiger partial charge in [-0.1, -0.05) is 17.7 Å². The number of amides is 2. The van der Waals surface area contributed by atoms with Crippen LogP contribution in [0.3, 0.4) is 0 Å². The van der Waals surface area contributed by atoms with Crippen molar-refractivity contribution in [1.82, 2.24) is 5.32 Å². The first kappa shape index (κ1) is 20.6. The van der Waals surface area contributed by atoms with Crippen molar-refractivity contribution in [3.63, 3.8) is 0 Å². The smallest absolute Gasteiger partial charge is 0.341 e. The number of aryl methyl sites for hydroxylation is 2. The summed E-state index contributed by atoms with van der Waals surface area (Å²) in [6.45, 7) is 7.84. The van der Waals surface area contributed by atoms with Crippen molar-refractivity contribution < 1.29 is 19.1 Å². The molecule has 2 rings (SSSR count). The van der Waals surface area contributed by atoms with E-state index in [1.807, 2.05) is 32.9 Å². The van der Waals surface area contributed by atoms with Gasteiger partial charge in [-0.2, -0.15) is 0 Å². The minimum absolute atomic E-state index is 0.107. The molecule has 2 amide bonds. The van der Waals surface area contributed by atoms with E-state index in [1.165, 1.54) is 11.3 Å². The van der Waals surface area contributed by atoms with Gasteiger partial charge in [0.2, 0.25) is 5.91 Å². The highest BCUT2D eigenvalue weighted by Crippen LogP contribution is 2.33. The van der Waals surface area contributed by atoms with Crippen LogP contribution in [-0.2, 0) is 9.53 Å². The third-order valence-electron chi connectivity index (χ3n) is 4.04. The van der Waals surface area contributed by atoms with Gasteiger partial charge >= 0.3 is 5.97 Å². The van der Waals surface area contributed by atoms with Gasteiger partial charge in [0.25, 0.3) is 5.91 Å². The summed E-state index contributed by atoms with van der Waals surface area (Å²) in [5.41, 5.74) is 2.76. The number of thiophene rings is 1. The predicted octanol–water partition coefficient (Wildman–Crippen LogP) is 3.61. The maximum atomic E-state index is 12.2. The Balaban J connectivity index is 1.93. The van der Waals surface area contributed by atoms with E-state index in [2.05, 4.69) is 10.6 Å². The second-order valence-corrected chi connectivity index (χ2v) is 7.36. The van der Waals surface area contributed by atoms with Crippen LogP contribution in [0.1, 0.15) is 50.1 Å². The van der Waals surface area contributed by atoms with E-state index in [0.29, 0.717) is 16.1 Å². The van der Waals surface area contributed by atoms with Gasteiger partial charge in [-0.05, 0) is 45.4 Å². The fraction of sp³-hybridized carbons (Fsp3) is 0.350. The maximum Gasteiger partial charge on any atom is 0.341 e. The summed E-state index contributed by atoms with van der Waals surface area (Å²) < 4.78 is 5.07. The molecule has 0 unspecified atom stereocenters. The Kier molecular flexibility index (Phi) is 7.12. The zero-order valence-corrected chi connectivity index (χ0v) is 16.8. The summed E-state index contributed by atoms with van der Waals surface area (Å²) in [7, 11) is 0. The quantitative estimate of drug-likeness (QED) is 0.710. The molecule has 0 aliphatic rings. The lowest BCUT2D eigenvalue weighted by atomic mass is 10.1. The van der Waals surface area contributed by atoms with Crippen LogP contribution in [0.2, 0.25) is 0 Å². The number of nitrogens with one attached hydrogen (secondary N) is 2. The van der Waals surface area contributed by atoms with Crippen molar-refractivity contribution in [1.29, 1.82) is 0 Å². The summed E-state index contributed by atoms with van der Waals surface area (Å²) >= 11 is 1.34. The molecule has 1 aromatic carbocycles. The molecule has 0 saturated heterocycles. The standard InChI is InChI=1S/C20H24N2O4S/c1-5-26-20(25)17-13(3)14(4)27-19(17)22-16(23)9-10-21-18(24)15-8-6-7-12(2)11-15/h6-8,11H,5,9-10H2,1-4H3,(H,21,24)(H,22,23). The zero-order valence-electron chi connectivity index (χ0n) is 16.0. The Hall–Kier alpha value is -2.67. The van der Waals surface area contributed by atoms with Crippen LogP contribution in [0.4, 0.5) is 5.00 Å². The lowest BCUT2D eigenvalue weighted by Gasteiger charge is -2.08. The first-order chi connectivity index (χ1) is 12.8. The molecule has 0 aliphatic heterocycles. The van der Waals surface area contributed by atoms with Gasteiger partial charge in [0.15, 0.2) is 0 Å². The van der Waals surface area contributed by atoms with E-state index >= 15 is 0 Å². The van der Waals surface area contributed by atoms with Crippen molar-refractivity contribution in [2.75, 3.05) is 18.5 Å². The van der Waals surface area contributed by atoms with E-state index in [9.17, 15) is 14.4 Å². The average Bonchev–Trinajstić information content (AvgIpc) is 2.88. The molecule has 0 fully saturated rings. The molecule has 2 N–H and O–H groups in total. The highest BCUT2D eigenvalue weighted by molar-refractivity contribution is 7.16. The van der Waals surface area contributed by atoms with E-state index in [0.717, 1.165) is 16.0 Å². The summed E-state index contributed by atoms with van der Waals surface area (Å²) in [4.78, 5) is 37.4. The molecule has 1 heterocycles. The van der Waals surface area contributed by atoms with Crippen LogP contribution in [0, 0.1) is 20.8 Å².